The van der Waals surface area contributed by atoms with Crippen LogP contribution in [-0.4, -0.2) is 12.3 Å². The molecule has 0 fully saturated rings. The van der Waals surface area contributed by atoms with Gasteiger partial charge in [-0.15, -0.1) is 0 Å². The number of nitrogens with one attached hydrogen (secondary N) is 1. The number of hydrogen-bond donors (Lipinski definition) is 2. The van der Waals surface area contributed by atoms with Crippen LogP contribution in [0.3, 0.4) is 0 Å². The van der Waals surface area contributed by atoms with Gasteiger partial charge in [-0.05, 0) is 42.9 Å². The second-order valence-electron chi connectivity index (χ2n) is 5.89. The lowest BCUT2D eigenvalue weighted by Gasteiger charge is -2.25. The number of carbonyl (C=O) groups is 1. The topological polar surface area (TPSA) is 55.1 Å². The van der Waals surface area contributed by atoms with Crippen LogP contribution in [0.5, 0.6) is 0 Å². The van der Waals surface area contributed by atoms with Gasteiger partial charge in [0.25, 0.3) is 0 Å². The standard InChI is InChI=1S/C16H26N2O/c1-10(2)15(11(3)4)9-18-13-6-7-16(17)14(8-13)12(5)19/h6-8,10-11,15,18H,9,17H2,1-5H3. The van der Waals surface area contributed by atoms with Crippen molar-refractivity contribution in [1.29, 1.82) is 0 Å². The lowest BCUT2D eigenvalue weighted by Crippen LogP contribution is -2.24. The lowest BCUT2D eigenvalue weighted by molar-refractivity contribution is 0.101. The van der Waals surface area contributed by atoms with Crippen LogP contribution in [0.4, 0.5) is 11.4 Å². The Kier molecular flexibility index (Phi) is 5.40. The number of rotatable bonds is 6. The van der Waals surface area contributed by atoms with Gasteiger partial charge in [-0.1, -0.05) is 27.7 Å². The summed E-state index contributed by atoms with van der Waals surface area (Å²) in [5.41, 5.74) is 7.89. The Hall–Kier alpha value is -1.51. The molecule has 3 heteroatoms. The first kappa shape index (κ1) is 15.5. The van der Waals surface area contributed by atoms with Crippen LogP contribution >= 0.6 is 0 Å². The molecule has 0 bridgehead atoms. The Bertz CT molecular complexity index is 430. The number of nitrogens with two attached hydrogens (primary N) is 1. The van der Waals surface area contributed by atoms with E-state index in [1.165, 1.54) is 0 Å². The van der Waals surface area contributed by atoms with Crippen LogP contribution in [0, 0.1) is 17.8 Å². The number of anilines is 2. The molecule has 0 saturated heterocycles. The SMILES string of the molecule is CC(=O)c1cc(NCC(C(C)C)C(C)C)ccc1N. The van der Waals surface area contributed by atoms with Crippen molar-refractivity contribution in [2.75, 3.05) is 17.6 Å². The molecular weight excluding hydrogens is 236 g/mol. The molecule has 1 aromatic rings. The first-order chi connectivity index (χ1) is 8.82. The Morgan fingerprint density at radius 3 is 2.26 bits per heavy atom. The third-order valence-corrected chi connectivity index (χ3v) is 3.69. The van der Waals surface area contributed by atoms with Crippen LogP contribution in [0.25, 0.3) is 0 Å². The molecule has 0 aliphatic carbocycles. The Morgan fingerprint density at radius 2 is 1.79 bits per heavy atom. The molecule has 0 atom stereocenters. The first-order valence-corrected chi connectivity index (χ1v) is 6.97. The van der Waals surface area contributed by atoms with Crippen LogP contribution in [0.2, 0.25) is 0 Å². The van der Waals surface area contributed by atoms with Gasteiger partial charge in [0.15, 0.2) is 5.78 Å². The minimum absolute atomic E-state index is 0.00502. The summed E-state index contributed by atoms with van der Waals surface area (Å²) in [5.74, 6) is 1.88. The molecule has 19 heavy (non-hydrogen) atoms. The Balaban J connectivity index is 2.78. The quantitative estimate of drug-likeness (QED) is 0.605. The van der Waals surface area contributed by atoms with Crippen molar-refractivity contribution in [3.05, 3.63) is 23.8 Å². The maximum absolute atomic E-state index is 11.5. The highest BCUT2D eigenvalue weighted by atomic mass is 16.1. The van der Waals surface area contributed by atoms with E-state index in [-0.39, 0.29) is 5.78 Å². The molecule has 0 aromatic heterocycles. The molecule has 0 radical (unpaired) electrons. The summed E-state index contributed by atoms with van der Waals surface area (Å²) in [6.07, 6.45) is 0. The van der Waals surface area contributed by atoms with Crippen molar-refractivity contribution in [2.24, 2.45) is 17.8 Å². The smallest absolute Gasteiger partial charge is 0.161 e. The highest BCUT2D eigenvalue weighted by molar-refractivity contribution is 5.99. The number of ketones is 1. The average molecular weight is 262 g/mol. The monoisotopic (exact) mass is 262 g/mol. The minimum Gasteiger partial charge on any atom is -0.398 e. The van der Waals surface area contributed by atoms with E-state index in [9.17, 15) is 4.79 Å². The van der Waals surface area contributed by atoms with E-state index in [4.69, 9.17) is 5.73 Å². The number of hydrogen-bond acceptors (Lipinski definition) is 3. The molecule has 0 spiro atoms. The van der Waals surface area contributed by atoms with Crippen LogP contribution < -0.4 is 11.1 Å². The van der Waals surface area contributed by atoms with Gasteiger partial charge in [0.1, 0.15) is 0 Å². The first-order valence-electron chi connectivity index (χ1n) is 6.97. The van der Waals surface area contributed by atoms with E-state index in [2.05, 4.69) is 33.0 Å². The van der Waals surface area contributed by atoms with Gasteiger partial charge < -0.3 is 11.1 Å². The highest BCUT2D eigenvalue weighted by Gasteiger charge is 2.17. The van der Waals surface area contributed by atoms with Gasteiger partial charge in [0.05, 0.1) is 0 Å². The summed E-state index contributed by atoms with van der Waals surface area (Å²) in [7, 11) is 0. The largest absolute Gasteiger partial charge is 0.398 e. The number of nitrogen functional groups attached to an aromatic ring is 1. The van der Waals surface area contributed by atoms with E-state index in [0.717, 1.165) is 12.2 Å². The predicted octanol–water partition coefficient (Wildman–Crippen LogP) is 3.81. The highest BCUT2D eigenvalue weighted by Crippen LogP contribution is 2.23. The molecule has 0 unspecified atom stereocenters. The number of Topliss-reactive ketones (excluding diaryl/α,β-unsaturated/α-hetero) is 1. The van der Waals surface area contributed by atoms with Crippen molar-refractivity contribution >= 4 is 17.2 Å². The third kappa shape index (κ3) is 4.27. The van der Waals surface area contributed by atoms with E-state index >= 15 is 0 Å². The fourth-order valence-corrected chi connectivity index (χ4v) is 2.45. The minimum atomic E-state index is 0.00502. The van der Waals surface area contributed by atoms with E-state index in [0.29, 0.717) is 29.0 Å². The molecule has 106 valence electrons. The summed E-state index contributed by atoms with van der Waals surface area (Å²) in [5, 5.41) is 3.42. The van der Waals surface area contributed by atoms with Crippen molar-refractivity contribution < 1.29 is 4.79 Å². The fraction of sp³-hybridized carbons (Fsp3) is 0.562. The van der Waals surface area contributed by atoms with Crippen LogP contribution in [0.15, 0.2) is 18.2 Å². The van der Waals surface area contributed by atoms with Crippen molar-refractivity contribution in [1.82, 2.24) is 0 Å². The Labute approximate surface area is 116 Å². The van der Waals surface area contributed by atoms with Crippen LogP contribution in [-0.2, 0) is 0 Å². The van der Waals surface area contributed by atoms with E-state index in [1.54, 1.807) is 13.0 Å². The third-order valence-electron chi connectivity index (χ3n) is 3.69. The Morgan fingerprint density at radius 1 is 1.21 bits per heavy atom. The average Bonchev–Trinajstić information content (AvgIpc) is 2.30. The summed E-state index contributed by atoms with van der Waals surface area (Å²) in [4.78, 5) is 11.5. The van der Waals surface area contributed by atoms with Gasteiger partial charge in [-0.2, -0.15) is 0 Å². The zero-order chi connectivity index (χ0) is 14.6. The summed E-state index contributed by atoms with van der Waals surface area (Å²) in [6, 6.07) is 5.56. The predicted molar refractivity (Wildman–Crippen MR) is 82.5 cm³/mol. The maximum Gasteiger partial charge on any atom is 0.161 e. The second kappa shape index (κ2) is 6.60. The molecule has 1 rings (SSSR count). The molecule has 0 aliphatic heterocycles. The van der Waals surface area contributed by atoms with Gasteiger partial charge in [-0.25, -0.2) is 0 Å². The molecule has 0 aliphatic rings. The van der Waals surface area contributed by atoms with E-state index < -0.39 is 0 Å². The summed E-state index contributed by atoms with van der Waals surface area (Å²) in [6.45, 7) is 11.4. The van der Waals surface area contributed by atoms with Gasteiger partial charge in [0, 0.05) is 23.5 Å². The maximum atomic E-state index is 11.5. The summed E-state index contributed by atoms with van der Waals surface area (Å²) >= 11 is 0. The van der Waals surface area contributed by atoms with Crippen molar-refractivity contribution in [2.45, 2.75) is 34.6 Å². The number of carbonyl (C=O) groups excluding carboxylic acids is 1. The molecular formula is C16H26N2O. The summed E-state index contributed by atoms with van der Waals surface area (Å²) < 4.78 is 0. The molecule has 0 heterocycles. The molecule has 0 saturated carbocycles. The zero-order valence-corrected chi connectivity index (χ0v) is 12.7. The zero-order valence-electron chi connectivity index (χ0n) is 12.7. The molecule has 0 amide bonds. The number of benzene rings is 1. The van der Waals surface area contributed by atoms with Gasteiger partial charge >= 0.3 is 0 Å². The lowest BCUT2D eigenvalue weighted by atomic mass is 9.85. The molecule has 3 nitrogen and oxygen atoms in total. The van der Waals surface area contributed by atoms with E-state index in [1.807, 2.05) is 12.1 Å². The van der Waals surface area contributed by atoms with Crippen molar-refractivity contribution in [3.8, 4) is 0 Å². The van der Waals surface area contributed by atoms with Crippen LogP contribution in [0.1, 0.15) is 45.0 Å². The molecule has 1 aromatic carbocycles. The fourth-order valence-electron chi connectivity index (χ4n) is 2.45. The van der Waals surface area contributed by atoms with Crippen molar-refractivity contribution in [3.63, 3.8) is 0 Å². The van der Waals surface area contributed by atoms with Gasteiger partial charge in [-0.3, -0.25) is 4.79 Å². The van der Waals surface area contributed by atoms with Gasteiger partial charge in [0.2, 0.25) is 0 Å². The normalized spacial score (nSPS) is 11.4. The second-order valence-corrected chi connectivity index (χ2v) is 5.89. The molecule has 3 N–H and O–H groups in total.